The highest BCUT2D eigenvalue weighted by Gasteiger charge is 2.14. The zero-order chi connectivity index (χ0) is 13.9. The summed E-state index contributed by atoms with van der Waals surface area (Å²) in [6.07, 6.45) is 0. The molecule has 2 N–H and O–H groups in total. The van der Waals surface area contributed by atoms with Crippen LogP contribution in [0.5, 0.6) is 5.75 Å². The van der Waals surface area contributed by atoms with Crippen molar-refractivity contribution < 1.29 is 9.47 Å². The number of nitrogens with one attached hydrogen (secondary N) is 2. The number of ether oxygens (including phenoxy) is 2. The Bertz CT molecular complexity index is 479. The van der Waals surface area contributed by atoms with Crippen molar-refractivity contribution in [2.45, 2.75) is 33.6 Å². The topological polar surface area (TPSA) is 66.2 Å². The van der Waals surface area contributed by atoms with Gasteiger partial charge in [-0.1, -0.05) is 19.9 Å². The normalized spacial score (nSPS) is 10.3. The van der Waals surface area contributed by atoms with Gasteiger partial charge in [0.05, 0.1) is 7.11 Å². The molecule has 4 heteroatoms. The van der Waals surface area contributed by atoms with E-state index < -0.39 is 0 Å². The average Bonchev–Trinajstić information content (AvgIpc) is 2.27. The number of benzene rings is 1. The zero-order valence-corrected chi connectivity index (χ0v) is 11.5. The van der Waals surface area contributed by atoms with Gasteiger partial charge in [0.25, 0.3) is 0 Å². The maximum Gasteiger partial charge on any atom is 0.221 e. The lowest BCUT2D eigenvalue weighted by Gasteiger charge is -2.16. The summed E-state index contributed by atoms with van der Waals surface area (Å²) in [5.41, 5.74) is 2.71. The Labute approximate surface area is 108 Å². The van der Waals surface area contributed by atoms with Crippen molar-refractivity contribution in [3.05, 3.63) is 28.8 Å². The highest BCUT2D eigenvalue weighted by atomic mass is 16.5. The van der Waals surface area contributed by atoms with Gasteiger partial charge in [0.15, 0.2) is 5.90 Å². The lowest BCUT2D eigenvalue weighted by atomic mass is 9.96. The molecule has 0 fully saturated rings. The van der Waals surface area contributed by atoms with Crippen molar-refractivity contribution >= 4 is 11.8 Å². The van der Waals surface area contributed by atoms with E-state index in [4.69, 9.17) is 20.3 Å². The molecule has 0 atom stereocenters. The summed E-state index contributed by atoms with van der Waals surface area (Å²) < 4.78 is 10.4. The van der Waals surface area contributed by atoms with Crippen molar-refractivity contribution in [1.82, 2.24) is 0 Å². The van der Waals surface area contributed by atoms with Crippen molar-refractivity contribution in [3.63, 3.8) is 0 Å². The third-order valence-electron chi connectivity index (χ3n) is 2.70. The Hall–Kier alpha value is -1.84. The molecule has 0 spiro atoms. The summed E-state index contributed by atoms with van der Waals surface area (Å²) in [6.45, 7) is 7.63. The molecule has 0 saturated heterocycles. The van der Waals surface area contributed by atoms with Gasteiger partial charge in [-0.05, 0) is 30.0 Å². The third kappa shape index (κ3) is 3.09. The van der Waals surface area contributed by atoms with E-state index in [1.165, 1.54) is 6.92 Å². The number of hydrogen-bond acceptors (Lipinski definition) is 4. The van der Waals surface area contributed by atoms with Crippen LogP contribution in [-0.2, 0) is 4.74 Å². The smallest absolute Gasteiger partial charge is 0.221 e. The first-order valence-electron chi connectivity index (χ1n) is 5.87. The Kier molecular flexibility index (Phi) is 4.48. The molecule has 0 radical (unpaired) electrons. The fraction of sp³-hybridized carbons (Fsp3) is 0.429. The molecule has 0 heterocycles. The first kappa shape index (κ1) is 14.2. The van der Waals surface area contributed by atoms with Gasteiger partial charge in [-0.25, -0.2) is 0 Å². The predicted octanol–water partition coefficient (Wildman–Crippen LogP) is 3.47. The molecule has 4 nitrogen and oxygen atoms in total. The second-order valence-electron chi connectivity index (χ2n) is 4.55. The van der Waals surface area contributed by atoms with Crippen LogP contribution in [0.1, 0.15) is 43.4 Å². The Morgan fingerprint density at radius 3 is 2.28 bits per heavy atom. The number of rotatable bonds is 3. The standard InChI is InChI=1S/C14H20N2O2/c1-8(2)11-6-9(3)12(7-13(11)17-5)14(16)18-10(4)15/h6-8,15-16H,1-5H3. The highest BCUT2D eigenvalue weighted by Crippen LogP contribution is 2.29. The molecule has 98 valence electrons. The Balaban J connectivity index is 3.23. The second-order valence-corrected chi connectivity index (χ2v) is 4.55. The molecule has 0 bridgehead atoms. The maximum atomic E-state index is 7.83. The van der Waals surface area contributed by atoms with Gasteiger partial charge in [0.2, 0.25) is 5.90 Å². The van der Waals surface area contributed by atoms with Crippen LogP contribution in [0.4, 0.5) is 0 Å². The van der Waals surface area contributed by atoms with Crippen LogP contribution >= 0.6 is 0 Å². The summed E-state index contributed by atoms with van der Waals surface area (Å²) in [4.78, 5) is 0. The van der Waals surface area contributed by atoms with Crippen LogP contribution in [0.25, 0.3) is 0 Å². The molecule has 0 aliphatic heterocycles. The summed E-state index contributed by atoms with van der Waals surface area (Å²) in [7, 11) is 1.62. The third-order valence-corrected chi connectivity index (χ3v) is 2.70. The summed E-state index contributed by atoms with van der Waals surface area (Å²) in [5.74, 6) is 1.09. The molecular weight excluding hydrogens is 228 g/mol. The Morgan fingerprint density at radius 2 is 1.83 bits per heavy atom. The van der Waals surface area contributed by atoms with Crippen LogP contribution in [0, 0.1) is 17.7 Å². The molecule has 0 aliphatic carbocycles. The summed E-state index contributed by atoms with van der Waals surface area (Å²) >= 11 is 0. The first-order valence-corrected chi connectivity index (χ1v) is 5.87. The quantitative estimate of drug-likeness (QED) is 0.635. The van der Waals surface area contributed by atoms with Gasteiger partial charge in [0.1, 0.15) is 5.75 Å². The number of hydrogen-bond donors (Lipinski definition) is 2. The molecule has 0 aliphatic rings. The molecular formula is C14H20N2O2. The van der Waals surface area contributed by atoms with Crippen LogP contribution in [0.3, 0.4) is 0 Å². The van der Waals surface area contributed by atoms with Gasteiger partial charge in [-0.15, -0.1) is 0 Å². The molecule has 1 rings (SSSR count). The first-order chi connectivity index (χ1) is 8.36. The second kappa shape index (κ2) is 5.67. The Morgan fingerprint density at radius 1 is 1.22 bits per heavy atom. The minimum Gasteiger partial charge on any atom is -0.496 e. The fourth-order valence-corrected chi connectivity index (χ4v) is 1.79. The van der Waals surface area contributed by atoms with Gasteiger partial charge in [-0.2, -0.15) is 0 Å². The van der Waals surface area contributed by atoms with E-state index >= 15 is 0 Å². The fourth-order valence-electron chi connectivity index (χ4n) is 1.79. The minimum atomic E-state index is -0.0198. The van der Waals surface area contributed by atoms with E-state index in [0.29, 0.717) is 11.5 Å². The van der Waals surface area contributed by atoms with E-state index in [1.54, 1.807) is 13.2 Å². The molecule has 0 unspecified atom stereocenters. The van der Waals surface area contributed by atoms with Crippen molar-refractivity contribution in [3.8, 4) is 5.75 Å². The number of aryl methyl sites for hydroxylation is 1. The van der Waals surface area contributed by atoms with E-state index in [-0.39, 0.29) is 11.8 Å². The zero-order valence-electron chi connectivity index (χ0n) is 11.5. The lowest BCUT2D eigenvalue weighted by molar-refractivity contribution is 0.407. The highest BCUT2D eigenvalue weighted by molar-refractivity contribution is 6.00. The number of methoxy groups -OCH3 is 1. The van der Waals surface area contributed by atoms with E-state index in [0.717, 1.165) is 16.9 Å². The summed E-state index contributed by atoms with van der Waals surface area (Å²) in [6, 6.07) is 3.81. The summed E-state index contributed by atoms with van der Waals surface area (Å²) in [5, 5.41) is 15.1. The van der Waals surface area contributed by atoms with Gasteiger partial charge in [-0.3, -0.25) is 10.8 Å². The lowest BCUT2D eigenvalue weighted by Crippen LogP contribution is -2.11. The molecule has 1 aromatic rings. The van der Waals surface area contributed by atoms with Gasteiger partial charge < -0.3 is 9.47 Å². The van der Waals surface area contributed by atoms with Crippen LogP contribution in [0.15, 0.2) is 12.1 Å². The predicted molar refractivity (Wildman–Crippen MR) is 73.1 cm³/mol. The SMILES string of the molecule is COc1cc(C(=N)OC(C)=N)c(C)cc1C(C)C. The van der Waals surface area contributed by atoms with Crippen molar-refractivity contribution in [2.24, 2.45) is 0 Å². The van der Waals surface area contributed by atoms with Gasteiger partial charge in [0, 0.05) is 12.5 Å². The molecule has 0 amide bonds. The molecule has 0 saturated carbocycles. The van der Waals surface area contributed by atoms with Crippen LogP contribution in [-0.4, -0.2) is 18.9 Å². The average molecular weight is 248 g/mol. The van der Waals surface area contributed by atoms with Gasteiger partial charge >= 0.3 is 0 Å². The van der Waals surface area contributed by atoms with Crippen LogP contribution < -0.4 is 4.74 Å². The van der Waals surface area contributed by atoms with Crippen LogP contribution in [0.2, 0.25) is 0 Å². The van der Waals surface area contributed by atoms with E-state index in [9.17, 15) is 0 Å². The van der Waals surface area contributed by atoms with E-state index in [1.807, 2.05) is 13.0 Å². The largest absolute Gasteiger partial charge is 0.496 e. The maximum absolute atomic E-state index is 7.83. The van der Waals surface area contributed by atoms with E-state index in [2.05, 4.69) is 13.8 Å². The molecule has 18 heavy (non-hydrogen) atoms. The minimum absolute atomic E-state index is 0.00584. The van der Waals surface area contributed by atoms with Crippen molar-refractivity contribution in [2.75, 3.05) is 7.11 Å². The molecule has 0 aromatic heterocycles. The monoisotopic (exact) mass is 248 g/mol. The molecule has 1 aromatic carbocycles. The van der Waals surface area contributed by atoms with Crippen molar-refractivity contribution in [1.29, 1.82) is 10.8 Å².